The lowest BCUT2D eigenvalue weighted by Crippen LogP contribution is -2.30. The molecule has 0 aliphatic rings. The molecule has 1 N–H and O–H groups in total. The molecule has 0 spiro atoms. The van der Waals surface area contributed by atoms with Crippen LogP contribution < -0.4 is 9.46 Å². The smallest absolute Gasteiger partial charge is 0.243 e. The van der Waals surface area contributed by atoms with Crippen molar-refractivity contribution >= 4 is 20.0 Å². The zero-order valence-corrected chi connectivity index (χ0v) is 21.8. The molecule has 1 aromatic heterocycles. The highest BCUT2D eigenvalue weighted by molar-refractivity contribution is 7.89. The molecule has 10 heteroatoms. The largest absolute Gasteiger partial charge is 0.497 e. The van der Waals surface area contributed by atoms with Gasteiger partial charge in [-0.05, 0) is 59.7 Å². The van der Waals surface area contributed by atoms with E-state index < -0.39 is 20.0 Å². The summed E-state index contributed by atoms with van der Waals surface area (Å²) in [4.78, 5) is 4.23. The Labute approximate surface area is 217 Å². The molecule has 37 heavy (non-hydrogen) atoms. The number of rotatable bonds is 11. The van der Waals surface area contributed by atoms with Crippen LogP contribution in [-0.2, 0) is 39.7 Å². The molecule has 0 atom stereocenters. The lowest BCUT2D eigenvalue weighted by molar-refractivity contribution is 0.392. The molecule has 0 fully saturated rings. The van der Waals surface area contributed by atoms with E-state index >= 15 is 0 Å². The van der Waals surface area contributed by atoms with E-state index in [0.29, 0.717) is 11.4 Å². The Morgan fingerprint density at radius 3 is 2.11 bits per heavy atom. The summed E-state index contributed by atoms with van der Waals surface area (Å²) in [5.41, 5.74) is 2.13. The maximum Gasteiger partial charge on any atom is 0.243 e. The minimum absolute atomic E-state index is 0.0201. The molecule has 0 bridgehead atoms. The molecule has 0 aliphatic carbocycles. The number of hydrogen-bond acceptors (Lipinski definition) is 6. The van der Waals surface area contributed by atoms with Gasteiger partial charge in [0.2, 0.25) is 20.0 Å². The van der Waals surface area contributed by atoms with Gasteiger partial charge in [0.25, 0.3) is 0 Å². The normalized spacial score (nSPS) is 11.9. The fourth-order valence-electron chi connectivity index (χ4n) is 3.67. The zero-order chi connectivity index (χ0) is 26.3. The predicted molar refractivity (Wildman–Crippen MR) is 141 cm³/mol. The topological polar surface area (TPSA) is 106 Å². The van der Waals surface area contributed by atoms with Gasteiger partial charge in [0.1, 0.15) is 5.75 Å². The van der Waals surface area contributed by atoms with E-state index in [1.54, 1.807) is 49.7 Å². The van der Waals surface area contributed by atoms with Crippen molar-refractivity contribution in [1.29, 1.82) is 0 Å². The Bertz CT molecular complexity index is 1530. The van der Waals surface area contributed by atoms with Crippen molar-refractivity contribution in [1.82, 2.24) is 14.0 Å². The predicted octanol–water partition coefficient (Wildman–Crippen LogP) is 3.96. The zero-order valence-electron chi connectivity index (χ0n) is 20.2. The van der Waals surface area contributed by atoms with E-state index in [1.807, 2.05) is 36.4 Å². The molecular weight excluding hydrogens is 510 g/mol. The number of nitrogens with one attached hydrogen (secondary N) is 1. The van der Waals surface area contributed by atoms with Gasteiger partial charge in [-0.1, -0.05) is 48.5 Å². The lowest BCUT2D eigenvalue weighted by atomic mass is 10.2. The highest BCUT2D eigenvalue weighted by atomic mass is 32.2. The first-order chi connectivity index (χ1) is 17.8. The van der Waals surface area contributed by atoms with Crippen LogP contribution in [0.15, 0.2) is 113 Å². The lowest BCUT2D eigenvalue weighted by Gasteiger charge is -2.22. The van der Waals surface area contributed by atoms with Gasteiger partial charge in [0.15, 0.2) is 0 Å². The summed E-state index contributed by atoms with van der Waals surface area (Å²) < 4.78 is 62.0. The molecule has 0 saturated carbocycles. The van der Waals surface area contributed by atoms with Crippen molar-refractivity contribution in [3.05, 3.63) is 120 Å². The van der Waals surface area contributed by atoms with Gasteiger partial charge in [-0.15, -0.1) is 0 Å². The molecule has 0 saturated heterocycles. The summed E-state index contributed by atoms with van der Waals surface area (Å²) >= 11 is 0. The molecule has 1 heterocycles. The Kier molecular flexibility index (Phi) is 8.34. The average Bonchev–Trinajstić information content (AvgIpc) is 2.93. The molecule has 0 unspecified atom stereocenters. The van der Waals surface area contributed by atoms with Gasteiger partial charge < -0.3 is 4.74 Å². The van der Waals surface area contributed by atoms with Crippen LogP contribution in [0.3, 0.4) is 0 Å². The van der Waals surface area contributed by atoms with Crippen molar-refractivity contribution < 1.29 is 21.6 Å². The van der Waals surface area contributed by atoms with Gasteiger partial charge in [-0.2, -0.15) is 4.31 Å². The molecule has 4 aromatic rings. The van der Waals surface area contributed by atoms with Crippen LogP contribution in [0.2, 0.25) is 0 Å². The minimum Gasteiger partial charge on any atom is -0.497 e. The number of benzene rings is 3. The summed E-state index contributed by atoms with van der Waals surface area (Å²) in [5.74, 6) is 0.616. The number of methoxy groups -OCH3 is 1. The van der Waals surface area contributed by atoms with Gasteiger partial charge in [-0.25, -0.2) is 21.6 Å². The van der Waals surface area contributed by atoms with E-state index in [1.165, 1.54) is 28.6 Å². The monoisotopic (exact) mass is 537 g/mol. The van der Waals surface area contributed by atoms with Gasteiger partial charge in [0.05, 0.1) is 29.1 Å². The summed E-state index contributed by atoms with van der Waals surface area (Å²) in [6.45, 7) is 0.246. The summed E-state index contributed by atoms with van der Waals surface area (Å²) in [7, 11) is -6.28. The van der Waals surface area contributed by atoms with Crippen molar-refractivity contribution in [3.63, 3.8) is 0 Å². The fraction of sp³-hybridized carbons (Fsp3) is 0.148. The third-order valence-corrected chi connectivity index (χ3v) is 8.86. The molecule has 0 aliphatic heterocycles. The number of aromatic nitrogens is 1. The van der Waals surface area contributed by atoms with E-state index in [4.69, 9.17) is 4.74 Å². The van der Waals surface area contributed by atoms with E-state index in [2.05, 4.69) is 9.71 Å². The Balaban J connectivity index is 1.58. The van der Waals surface area contributed by atoms with Gasteiger partial charge in [-0.3, -0.25) is 4.98 Å². The highest BCUT2D eigenvalue weighted by Crippen LogP contribution is 2.24. The Morgan fingerprint density at radius 1 is 0.757 bits per heavy atom. The second kappa shape index (κ2) is 11.7. The number of hydrogen-bond donors (Lipinski definition) is 1. The molecule has 8 nitrogen and oxygen atoms in total. The molecule has 3 aromatic carbocycles. The van der Waals surface area contributed by atoms with Crippen LogP contribution in [0.1, 0.15) is 16.8 Å². The van der Waals surface area contributed by atoms with Crippen molar-refractivity contribution in [2.45, 2.75) is 29.4 Å². The number of sulfonamides is 2. The van der Waals surface area contributed by atoms with Crippen LogP contribution in [-0.4, -0.2) is 33.2 Å². The highest BCUT2D eigenvalue weighted by Gasteiger charge is 2.26. The molecule has 0 radical (unpaired) electrons. The maximum absolute atomic E-state index is 13.7. The maximum atomic E-state index is 13.7. The summed E-state index contributed by atoms with van der Waals surface area (Å²) in [6.07, 6.45) is 1.60. The second-order valence-corrected chi connectivity index (χ2v) is 11.9. The molecule has 0 amide bonds. The van der Waals surface area contributed by atoms with Crippen LogP contribution in [0.25, 0.3) is 0 Å². The third kappa shape index (κ3) is 6.80. The van der Waals surface area contributed by atoms with E-state index in [-0.39, 0.29) is 29.4 Å². The van der Waals surface area contributed by atoms with E-state index in [9.17, 15) is 16.8 Å². The minimum atomic E-state index is -4.00. The van der Waals surface area contributed by atoms with Crippen LogP contribution in [0.4, 0.5) is 0 Å². The Hall–Kier alpha value is -3.57. The van der Waals surface area contributed by atoms with Crippen LogP contribution in [0.5, 0.6) is 5.75 Å². The first kappa shape index (κ1) is 26.5. The number of ether oxygens (including phenoxy) is 1. The standard InChI is InChI=1S/C27H27N3O5S2/c1-35-25-12-7-10-23(18-25)20-30(21-24-11-5-6-17-28-24)37(33,34)27-15-13-26(14-16-27)36(31,32)29-19-22-8-3-2-4-9-22/h2-18,29H,19-21H2,1H3. The van der Waals surface area contributed by atoms with Gasteiger partial charge >= 0.3 is 0 Å². The van der Waals surface area contributed by atoms with Gasteiger partial charge in [0, 0.05) is 19.3 Å². The van der Waals surface area contributed by atoms with E-state index in [0.717, 1.165) is 11.1 Å². The van der Waals surface area contributed by atoms with Crippen LogP contribution in [0, 0.1) is 0 Å². The average molecular weight is 538 g/mol. The molecule has 4 rings (SSSR count). The molecular formula is C27H27N3O5S2. The SMILES string of the molecule is COc1cccc(CN(Cc2ccccn2)S(=O)(=O)c2ccc(S(=O)(=O)NCc3ccccc3)cc2)c1. The quantitative estimate of drug-likeness (QED) is 0.311. The summed E-state index contributed by atoms with van der Waals surface area (Å²) in [6, 6.07) is 26.8. The first-order valence-corrected chi connectivity index (χ1v) is 14.4. The molecule has 192 valence electrons. The first-order valence-electron chi connectivity index (χ1n) is 11.4. The van der Waals surface area contributed by atoms with Crippen molar-refractivity contribution in [2.24, 2.45) is 0 Å². The fourth-order valence-corrected chi connectivity index (χ4v) is 6.09. The second-order valence-electron chi connectivity index (χ2n) is 8.23. The summed E-state index contributed by atoms with van der Waals surface area (Å²) in [5, 5.41) is 0. The number of pyridine rings is 1. The van der Waals surface area contributed by atoms with Crippen molar-refractivity contribution in [2.75, 3.05) is 7.11 Å². The van der Waals surface area contributed by atoms with Crippen LogP contribution >= 0.6 is 0 Å². The number of nitrogens with zero attached hydrogens (tertiary/aromatic N) is 2. The third-order valence-electron chi connectivity index (χ3n) is 5.64. The Morgan fingerprint density at radius 2 is 1.43 bits per heavy atom. The van der Waals surface area contributed by atoms with Crippen molar-refractivity contribution in [3.8, 4) is 5.75 Å².